The van der Waals surface area contributed by atoms with Crippen molar-refractivity contribution in [2.75, 3.05) is 6.61 Å². The average Bonchev–Trinajstić information content (AvgIpc) is 2.47. The van der Waals surface area contributed by atoms with E-state index in [1.807, 2.05) is 0 Å². The number of rotatable bonds is 5. The van der Waals surface area contributed by atoms with Gasteiger partial charge in [0.15, 0.2) is 6.29 Å². The van der Waals surface area contributed by atoms with Gasteiger partial charge < -0.3 is 9.47 Å². The van der Waals surface area contributed by atoms with E-state index in [0.717, 1.165) is 32.1 Å². The summed E-state index contributed by atoms with van der Waals surface area (Å²) in [6.45, 7) is 2.48. The van der Waals surface area contributed by atoms with Gasteiger partial charge in [0.1, 0.15) is 6.10 Å². The van der Waals surface area contributed by atoms with Crippen molar-refractivity contribution in [3.8, 4) is 0 Å². The van der Waals surface area contributed by atoms with Crippen LogP contribution in [0.2, 0.25) is 0 Å². The van der Waals surface area contributed by atoms with Crippen molar-refractivity contribution < 1.29 is 19.1 Å². The molecule has 2 rings (SSSR count). The zero-order valence-corrected chi connectivity index (χ0v) is 11.7. The molecule has 2 atom stereocenters. The maximum absolute atomic E-state index is 11.8. The van der Waals surface area contributed by atoms with Crippen LogP contribution < -0.4 is 5.48 Å². The van der Waals surface area contributed by atoms with Gasteiger partial charge in [0, 0.05) is 13.0 Å². The van der Waals surface area contributed by atoms with E-state index >= 15 is 0 Å². The molecule has 2 aliphatic rings. The summed E-state index contributed by atoms with van der Waals surface area (Å²) >= 11 is 0. The van der Waals surface area contributed by atoms with Crippen molar-refractivity contribution in [2.45, 2.75) is 76.8 Å². The second-order valence-electron chi connectivity index (χ2n) is 5.42. The van der Waals surface area contributed by atoms with Gasteiger partial charge in [0.05, 0.1) is 6.10 Å². The zero-order chi connectivity index (χ0) is 13.5. The van der Waals surface area contributed by atoms with Crippen molar-refractivity contribution in [2.24, 2.45) is 0 Å². The first-order valence-electron chi connectivity index (χ1n) is 7.48. The quantitative estimate of drug-likeness (QED) is 0.780. The predicted molar refractivity (Wildman–Crippen MR) is 70.2 cm³/mol. The Labute approximate surface area is 114 Å². The molecule has 0 spiro atoms. The van der Waals surface area contributed by atoms with Gasteiger partial charge in [-0.15, -0.1) is 0 Å². The van der Waals surface area contributed by atoms with Crippen LogP contribution >= 0.6 is 0 Å². The van der Waals surface area contributed by atoms with Gasteiger partial charge in [-0.2, -0.15) is 0 Å². The summed E-state index contributed by atoms with van der Waals surface area (Å²) in [6, 6.07) is 0. The Bertz CT molecular complexity index is 273. The second-order valence-corrected chi connectivity index (χ2v) is 5.42. The minimum Gasteiger partial charge on any atom is -0.365 e. The SMILES string of the molecule is C[C@H](OC1CCCCC1)C(=O)NO[C@@H]1CCCCO1. The molecule has 110 valence electrons. The minimum atomic E-state index is -0.466. The van der Waals surface area contributed by atoms with Crippen LogP contribution in [0, 0.1) is 0 Å². The molecule has 0 bridgehead atoms. The van der Waals surface area contributed by atoms with Crippen molar-refractivity contribution >= 4 is 5.91 Å². The number of hydroxylamine groups is 1. The van der Waals surface area contributed by atoms with E-state index in [1.54, 1.807) is 6.92 Å². The fraction of sp³-hybridized carbons (Fsp3) is 0.929. The third kappa shape index (κ3) is 5.09. The molecule has 19 heavy (non-hydrogen) atoms. The molecule has 1 saturated carbocycles. The largest absolute Gasteiger partial charge is 0.365 e. The topological polar surface area (TPSA) is 56.8 Å². The summed E-state index contributed by atoms with van der Waals surface area (Å²) in [5.74, 6) is -0.222. The van der Waals surface area contributed by atoms with Crippen LogP contribution in [0.25, 0.3) is 0 Å². The smallest absolute Gasteiger partial charge is 0.272 e. The molecular formula is C14H25NO4. The summed E-state index contributed by atoms with van der Waals surface area (Å²) in [5.41, 5.74) is 2.45. The van der Waals surface area contributed by atoms with Gasteiger partial charge in [-0.05, 0) is 32.6 Å². The average molecular weight is 271 g/mol. The molecule has 0 aromatic rings. The van der Waals surface area contributed by atoms with E-state index in [0.29, 0.717) is 6.61 Å². The zero-order valence-electron chi connectivity index (χ0n) is 11.7. The van der Waals surface area contributed by atoms with Crippen molar-refractivity contribution in [3.05, 3.63) is 0 Å². The van der Waals surface area contributed by atoms with Gasteiger partial charge in [-0.25, -0.2) is 10.3 Å². The normalized spacial score (nSPS) is 26.9. The lowest BCUT2D eigenvalue weighted by molar-refractivity contribution is -0.205. The highest BCUT2D eigenvalue weighted by atomic mass is 16.8. The maximum atomic E-state index is 11.8. The van der Waals surface area contributed by atoms with E-state index in [4.69, 9.17) is 14.3 Å². The predicted octanol–water partition coefficient (Wildman–Crippen LogP) is 2.30. The molecule has 0 aromatic carbocycles. The Morgan fingerprint density at radius 2 is 1.89 bits per heavy atom. The van der Waals surface area contributed by atoms with Gasteiger partial charge >= 0.3 is 0 Å². The van der Waals surface area contributed by atoms with E-state index in [1.165, 1.54) is 19.3 Å². The first kappa shape index (κ1) is 14.8. The van der Waals surface area contributed by atoms with Crippen LogP contribution in [0.1, 0.15) is 58.3 Å². The highest BCUT2D eigenvalue weighted by Gasteiger charge is 2.22. The first-order chi connectivity index (χ1) is 9.25. The molecule has 0 unspecified atom stereocenters. The summed E-state index contributed by atoms with van der Waals surface area (Å²) < 4.78 is 11.1. The molecule has 5 heteroatoms. The third-order valence-electron chi connectivity index (χ3n) is 3.75. The van der Waals surface area contributed by atoms with E-state index < -0.39 is 6.10 Å². The highest BCUT2D eigenvalue weighted by molar-refractivity contribution is 5.79. The van der Waals surface area contributed by atoms with Crippen LogP contribution in [0.5, 0.6) is 0 Å². The van der Waals surface area contributed by atoms with Crippen LogP contribution in [0.4, 0.5) is 0 Å². The summed E-state index contributed by atoms with van der Waals surface area (Å²) in [6.07, 6.45) is 8.22. The van der Waals surface area contributed by atoms with Crippen molar-refractivity contribution in [3.63, 3.8) is 0 Å². The Balaban J connectivity index is 1.63. The number of hydrogen-bond acceptors (Lipinski definition) is 4. The number of amides is 1. The number of nitrogens with one attached hydrogen (secondary N) is 1. The molecule has 1 N–H and O–H groups in total. The Morgan fingerprint density at radius 3 is 2.58 bits per heavy atom. The lowest BCUT2D eigenvalue weighted by atomic mass is 9.98. The third-order valence-corrected chi connectivity index (χ3v) is 3.75. The molecule has 5 nitrogen and oxygen atoms in total. The van der Waals surface area contributed by atoms with Gasteiger partial charge in [0.25, 0.3) is 5.91 Å². The molecule has 1 aliphatic carbocycles. The Kier molecular flexibility index (Phi) is 6.07. The van der Waals surface area contributed by atoms with Gasteiger partial charge in [-0.1, -0.05) is 19.3 Å². The lowest BCUT2D eigenvalue weighted by Crippen LogP contribution is -2.40. The van der Waals surface area contributed by atoms with E-state index in [9.17, 15) is 4.79 Å². The molecule has 0 aromatic heterocycles. The molecule has 1 saturated heterocycles. The molecule has 1 amide bonds. The number of ether oxygens (including phenoxy) is 2. The minimum absolute atomic E-state index is 0.222. The van der Waals surface area contributed by atoms with Gasteiger partial charge in [-0.3, -0.25) is 4.79 Å². The number of carbonyl (C=O) groups is 1. The van der Waals surface area contributed by atoms with E-state index in [2.05, 4.69) is 5.48 Å². The van der Waals surface area contributed by atoms with Crippen LogP contribution in [-0.4, -0.2) is 31.0 Å². The summed E-state index contributed by atoms with van der Waals surface area (Å²) in [4.78, 5) is 17.1. The van der Waals surface area contributed by atoms with Crippen molar-refractivity contribution in [1.29, 1.82) is 0 Å². The second kappa shape index (κ2) is 7.82. The number of hydrogen-bond donors (Lipinski definition) is 1. The lowest BCUT2D eigenvalue weighted by Gasteiger charge is -2.26. The Morgan fingerprint density at radius 1 is 1.16 bits per heavy atom. The highest BCUT2D eigenvalue weighted by Crippen LogP contribution is 2.21. The molecule has 1 heterocycles. The maximum Gasteiger partial charge on any atom is 0.272 e. The van der Waals surface area contributed by atoms with Crippen LogP contribution in [-0.2, 0) is 19.1 Å². The number of carbonyl (C=O) groups excluding carboxylic acids is 1. The molecule has 2 fully saturated rings. The van der Waals surface area contributed by atoms with Crippen LogP contribution in [0.3, 0.4) is 0 Å². The fourth-order valence-corrected chi connectivity index (χ4v) is 2.56. The van der Waals surface area contributed by atoms with Crippen LogP contribution in [0.15, 0.2) is 0 Å². The molecular weight excluding hydrogens is 246 g/mol. The molecule has 0 radical (unpaired) electrons. The summed E-state index contributed by atoms with van der Waals surface area (Å²) in [7, 11) is 0. The van der Waals surface area contributed by atoms with Crippen molar-refractivity contribution in [1.82, 2.24) is 5.48 Å². The Hall–Kier alpha value is -0.650. The fourth-order valence-electron chi connectivity index (χ4n) is 2.56. The van der Waals surface area contributed by atoms with Gasteiger partial charge in [0.2, 0.25) is 0 Å². The molecule has 1 aliphatic heterocycles. The standard InChI is InChI=1S/C14H25NO4/c1-11(18-12-7-3-2-4-8-12)14(16)15-19-13-9-5-6-10-17-13/h11-13H,2-10H2,1H3,(H,15,16)/t11-,13+/m0/s1. The monoisotopic (exact) mass is 271 g/mol. The van der Waals surface area contributed by atoms with E-state index in [-0.39, 0.29) is 18.3 Å². The first-order valence-corrected chi connectivity index (χ1v) is 7.48. The summed E-state index contributed by atoms with van der Waals surface area (Å²) in [5, 5.41) is 0.